The van der Waals surface area contributed by atoms with Crippen LogP contribution < -0.4 is 4.74 Å². The Morgan fingerprint density at radius 2 is 1.74 bits per heavy atom. The number of ether oxygens (including phenoxy) is 1. The van der Waals surface area contributed by atoms with E-state index in [1.807, 2.05) is 36.4 Å². The summed E-state index contributed by atoms with van der Waals surface area (Å²) in [5.74, 6) is 1.78. The zero-order valence-electron chi connectivity index (χ0n) is 14.5. The minimum atomic E-state index is 0.352. The molecule has 2 nitrogen and oxygen atoms in total. The van der Waals surface area contributed by atoms with Gasteiger partial charge in [-0.1, -0.05) is 45.4 Å². The van der Waals surface area contributed by atoms with Gasteiger partial charge >= 0.3 is 0 Å². The lowest BCUT2D eigenvalue weighted by Crippen LogP contribution is -2.19. The van der Waals surface area contributed by atoms with Crippen molar-refractivity contribution in [3.8, 4) is 5.75 Å². The van der Waals surface area contributed by atoms with E-state index in [9.17, 15) is 4.79 Å². The molecule has 23 heavy (non-hydrogen) atoms. The molecule has 2 heteroatoms. The Hall–Kier alpha value is -1.83. The molecule has 2 aromatic carbocycles. The molecule has 0 spiro atoms. The first kappa shape index (κ1) is 17.5. The molecule has 1 aliphatic rings. The van der Waals surface area contributed by atoms with Gasteiger partial charge in [-0.25, -0.2) is 0 Å². The van der Waals surface area contributed by atoms with Gasteiger partial charge in [0.25, 0.3) is 0 Å². The predicted molar refractivity (Wildman–Crippen MR) is 97.3 cm³/mol. The van der Waals surface area contributed by atoms with Crippen LogP contribution in [0.1, 0.15) is 63.2 Å². The number of carbonyl (C=O) groups excluding carboxylic acids is 1. The van der Waals surface area contributed by atoms with E-state index in [0.717, 1.165) is 41.6 Å². The molecule has 0 unspecified atom stereocenters. The number of rotatable bonds is 3. The highest BCUT2D eigenvalue weighted by Gasteiger charge is 2.15. The van der Waals surface area contributed by atoms with Gasteiger partial charge in [-0.05, 0) is 55.2 Å². The van der Waals surface area contributed by atoms with E-state index in [2.05, 4.69) is 20.8 Å². The standard InChI is InChI=1S/C17H18O2.C4H10/c18-12-13-9-10-16-14(11-13)5-4-8-17(16)19-15-6-2-1-3-7-15;1-4(2)3/h4-5,8-12,15H,1-3,6-7H2;4H,1-3H3. The van der Waals surface area contributed by atoms with Gasteiger partial charge in [0, 0.05) is 10.9 Å². The summed E-state index contributed by atoms with van der Waals surface area (Å²) in [7, 11) is 0. The number of benzene rings is 2. The highest BCUT2D eigenvalue weighted by atomic mass is 16.5. The highest BCUT2D eigenvalue weighted by molar-refractivity contribution is 5.92. The maximum absolute atomic E-state index is 10.8. The molecule has 1 aliphatic carbocycles. The van der Waals surface area contributed by atoms with Gasteiger partial charge in [-0.3, -0.25) is 4.79 Å². The number of aldehydes is 1. The van der Waals surface area contributed by atoms with Gasteiger partial charge in [0.05, 0.1) is 6.10 Å². The molecule has 0 radical (unpaired) electrons. The Balaban J connectivity index is 0.000000433. The average Bonchev–Trinajstić information content (AvgIpc) is 2.55. The van der Waals surface area contributed by atoms with E-state index >= 15 is 0 Å². The van der Waals surface area contributed by atoms with E-state index < -0.39 is 0 Å². The van der Waals surface area contributed by atoms with Crippen molar-refractivity contribution in [3.63, 3.8) is 0 Å². The molecule has 2 aromatic rings. The molecule has 3 rings (SSSR count). The first-order valence-corrected chi connectivity index (χ1v) is 8.74. The van der Waals surface area contributed by atoms with Crippen molar-refractivity contribution in [2.45, 2.75) is 59.0 Å². The van der Waals surface area contributed by atoms with Crippen LogP contribution in [0.15, 0.2) is 36.4 Å². The normalized spacial score (nSPS) is 15.1. The Bertz CT molecular complexity index is 622. The summed E-state index contributed by atoms with van der Waals surface area (Å²) in [6.07, 6.45) is 7.41. The second kappa shape index (κ2) is 8.71. The van der Waals surface area contributed by atoms with Crippen molar-refractivity contribution in [1.82, 2.24) is 0 Å². The fourth-order valence-corrected chi connectivity index (χ4v) is 2.81. The van der Waals surface area contributed by atoms with Crippen LogP contribution in [0.25, 0.3) is 10.8 Å². The lowest BCUT2D eigenvalue weighted by Gasteiger charge is -2.23. The minimum Gasteiger partial charge on any atom is -0.490 e. The average molecular weight is 312 g/mol. The highest BCUT2D eigenvalue weighted by Crippen LogP contribution is 2.30. The number of hydrogen-bond donors (Lipinski definition) is 0. The zero-order valence-corrected chi connectivity index (χ0v) is 14.5. The van der Waals surface area contributed by atoms with Crippen molar-refractivity contribution < 1.29 is 9.53 Å². The molecule has 0 N–H and O–H groups in total. The fourth-order valence-electron chi connectivity index (χ4n) is 2.81. The third kappa shape index (κ3) is 5.38. The number of hydrogen-bond acceptors (Lipinski definition) is 2. The SMILES string of the molecule is CC(C)C.O=Cc1ccc2c(OC3CCCCC3)cccc2c1. The molecule has 0 heterocycles. The lowest BCUT2D eigenvalue weighted by atomic mass is 9.97. The summed E-state index contributed by atoms with van der Waals surface area (Å²) in [5.41, 5.74) is 0.710. The van der Waals surface area contributed by atoms with Gasteiger partial charge in [0.2, 0.25) is 0 Å². The summed E-state index contributed by atoms with van der Waals surface area (Å²) in [6, 6.07) is 11.8. The van der Waals surface area contributed by atoms with Crippen LogP contribution >= 0.6 is 0 Å². The fraction of sp³-hybridized carbons (Fsp3) is 0.476. The monoisotopic (exact) mass is 312 g/mol. The van der Waals surface area contributed by atoms with Crippen LogP contribution in [0.4, 0.5) is 0 Å². The molecule has 0 amide bonds. The van der Waals surface area contributed by atoms with Gasteiger partial charge in [-0.2, -0.15) is 0 Å². The molecule has 124 valence electrons. The Kier molecular flexibility index (Phi) is 6.64. The third-order valence-electron chi connectivity index (χ3n) is 3.85. The lowest BCUT2D eigenvalue weighted by molar-refractivity contribution is 0.112. The second-order valence-electron chi connectivity index (χ2n) is 6.96. The number of carbonyl (C=O) groups is 1. The van der Waals surface area contributed by atoms with Crippen molar-refractivity contribution in [2.24, 2.45) is 5.92 Å². The van der Waals surface area contributed by atoms with Gasteiger partial charge < -0.3 is 4.74 Å². The van der Waals surface area contributed by atoms with Crippen LogP contribution in [0, 0.1) is 5.92 Å². The largest absolute Gasteiger partial charge is 0.490 e. The molecule has 0 aromatic heterocycles. The Morgan fingerprint density at radius 1 is 1.04 bits per heavy atom. The molecular formula is C21H28O2. The molecule has 0 saturated heterocycles. The summed E-state index contributed by atoms with van der Waals surface area (Å²) >= 11 is 0. The maximum atomic E-state index is 10.8. The molecule has 0 atom stereocenters. The van der Waals surface area contributed by atoms with E-state index in [1.54, 1.807) is 0 Å². The smallest absolute Gasteiger partial charge is 0.150 e. The summed E-state index contributed by atoms with van der Waals surface area (Å²) < 4.78 is 6.15. The van der Waals surface area contributed by atoms with Gasteiger partial charge in [0.1, 0.15) is 12.0 Å². The number of fused-ring (bicyclic) bond motifs is 1. The van der Waals surface area contributed by atoms with Gasteiger partial charge in [0.15, 0.2) is 0 Å². The van der Waals surface area contributed by atoms with Crippen LogP contribution in [0.5, 0.6) is 5.75 Å². The van der Waals surface area contributed by atoms with E-state index in [-0.39, 0.29) is 0 Å². The van der Waals surface area contributed by atoms with Gasteiger partial charge in [-0.15, -0.1) is 0 Å². The summed E-state index contributed by atoms with van der Waals surface area (Å²) in [5, 5.41) is 2.16. The molecule has 1 saturated carbocycles. The zero-order chi connectivity index (χ0) is 16.7. The summed E-state index contributed by atoms with van der Waals surface area (Å²) in [6.45, 7) is 6.50. The molecular weight excluding hydrogens is 284 g/mol. The maximum Gasteiger partial charge on any atom is 0.150 e. The second-order valence-corrected chi connectivity index (χ2v) is 6.96. The molecule has 1 fully saturated rings. The van der Waals surface area contributed by atoms with Crippen molar-refractivity contribution in [3.05, 3.63) is 42.0 Å². The quantitative estimate of drug-likeness (QED) is 0.647. The molecule has 0 bridgehead atoms. The van der Waals surface area contributed by atoms with Crippen molar-refractivity contribution >= 4 is 17.1 Å². The first-order valence-electron chi connectivity index (χ1n) is 8.74. The summed E-state index contributed by atoms with van der Waals surface area (Å²) in [4.78, 5) is 10.8. The van der Waals surface area contributed by atoms with E-state index in [0.29, 0.717) is 11.7 Å². The minimum absolute atomic E-state index is 0.352. The van der Waals surface area contributed by atoms with Crippen molar-refractivity contribution in [1.29, 1.82) is 0 Å². The van der Waals surface area contributed by atoms with Crippen LogP contribution in [0.2, 0.25) is 0 Å². The predicted octanol–water partition coefficient (Wildman–Crippen LogP) is 6.03. The molecule has 0 aliphatic heterocycles. The third-order valence-corrected chi connectivity index (χ3v) is 3.85. The van der Waals surface area contributed by atoms with Crippen LogP contribution in [-0.4, -0.2) is 12.4 Å². The van der Waals surface area contributed by atoms with E-state index in [1.165, 1.54) is 19.3 Å². The van der Waals surface area contributed by atoms with Crippen LogP contribution in [-0.2, 0) is 0 Å². The first-order chi connectivity index (χ1) is 11.1. The van der Waals surface area contributed by atoms with E-state index in [4.69, 9.17) is 4.74 Å². The Morgan fingerprint density at radius 3 is 2.39 bits per heavy atom. The topological polar surface area (TPSA) is 26.3 Å². The van der Waals surface area contributed by atoms with Crippen molar-refractivity contribution in [2.75, 3.05) is 0 Å². The van der Waals surface area contributed by atoms with Crippen LogP contribution in [0.3, 0.4) is 0 Å². The Labute approximate surface area is 139 Å².